The molecule has 0 saturated carbocycles. The van der Waals surface area contributed by atoms with Crippen molar-refractivity contribution in [2.24, 2.45) is 0 Å². The van der Waals surface area contributed by atoms with Gasteiger partial charge in [0.2, 0.25) is 0 Å². The monoisotopic (exact) mass is 245 g/mol. The highest BCUT2D eigenvalue weighted by molar-refractivity contribution is 6.31. The average molecular weight is 246 g/mol. The lowest BCUT2D eigenvalue weighted by molar-refractivity contribution is 0.0230. The van der Waals surface area contributed by atoms with Gasteiger partial charge < -0.3 is 10.1 Å². The maximum Gasteiger partial charge on any atom is 0.123 e. The number of hydrogen-bond donors (Lipinski definition) is 1. The first-order valence-corrected chi connectivity index (χ1v) is 5.52. The number of methoxy groups -OCH3 is 1. The van der Waals surface area contributed by atoms with E-state index in [2.05, 4.69) is 5.32 Å². The Morgan fingerprint density at radius 1 is 1.44 bits per heavy atom. The Hall–Kier alpha value is -0.640. The molecule has 1 aromatic carbocycles. The molecule has 0 saturated heterocycles. The molecular formula is C12H17ClFNO. The van der Waals surface area contributed by atoms with Gasteiger partial charge >= 0.3 is 0 Å². The highest BCUT2D eigenvalue weighted by Gasteiger charge is 2.15. The van der Waals surface area contributed by atoms with E-state index < -0.39 is 0 Å². The van der Waals surface area contributed by atoms with Crippen molar-refractivity contribution < 1.29 is 9.13 Å². The molecular weight excluding hydrogens is 229 g/mol. The van der Waals surface area contributed by atoms with E-state index in [9.17, 15) is 4.39 Å². The molecule has 0 aliphatic rings. The number of nitrogens with one attached hydrogen (secondary N) is 1. The second-order valence-corrected chi connectivity index (χ2v) is 4.71. The molecule has 90 valence electrons. The molecule has 1 N–H and O–H groups in total. The number of rotatable bonds is 5. The van der Waals surface area contributed by atoms with Crippen molar-refractivity contribution in [2.75, 3.05) is 13.7 Å². The van der Waals surface area contributed by atoms with E-state index in [-0.39, 0.29) is 11.4 Å². The predicted octanol–water partition coefficient (Wildman–Crippen LogP) is 2.99. The normalized spacial score (nSPS) is 11.8. The van der Waals surface area contributed by atoms with Crippen molar-refractivity contribution in [1.82, 2.24) is 5.32 Å². The van der Waals surface area contributed by atoms with Gasteiger partial charge in [0.15, 0.2) is 0 Å². The van der Waals surface area contributed by atoms with Crippen molar-refractivity contribution in [2.45, 2.75) is 26.0 Å². The Morgan fingerprint density at radius 2 is 2.12 bits per heavy atom. The SMILES string of the molecule is COC(C)(C)CNCc1cc(F)ccc1Cl. The van der Waals surface area contributed by atoms with Crippen molar-refractivity contribution in [3.05, 3.63) is 34.6 Å². The van der Waals surface area contributed by atoms with Gasteiger partial charge in [-0.15, -0.1) is 0 Å². The summed E-state index contributed by atoms with van der Waals surface area (Å²) in [5, 5.41) is 3.76. The zero-order valence-corrected chi connectivity index (χ0v) is 10.6. The van der Waals surface area contributed by atoms with Crippen molar-refractivity contribution in [3.63, 3.8) is 0 Å². The van der Waals surface area contributed by atoms with Gasteiger partial charge in [-0.25, -0.2) is 4.39 Å². The minimum atomic E-state index is -0.271. The summed E-state index contributed by atoms with van der Waals surface area (Å²) < 4.78 is 18.2. The van der Waals surface area contributed by atoms with Crippen LogP contribution in [-0.4, -0.2) is 19.3 Å². The molecule has 0 radical (unpaired) electrons. The van der Waals surface area contributed by atoms with E-state index in [4.69, 9.17) is 16.3 Å². The van der Waals surface area contributed by atoms with Crippen LogP contribution < -0.4 is 5.32 Å². The van der Waals surface area contributed by atoms with Crippen LogP contribution in [0.15, 0.2) is 18.2 Å². The van der Waals surface area contributed by atoms with Crippen LogP contribution in [0.2, 0.25) is 5.02 Å². The fourth-order valence-electron chi connectivity index (χ4n) is 1.25. The Balaban J connectivity index is 2.52. The molecule has 0 bridgehead atoms. The summed E-state index contributed by atoms with van der Waals surface area (Å²) in [6, 6.07) is 4.36. The molecule has 2 nitrogen and oxygen atoms in total. The molecule has 1 rings (SSSR count). The first-order chi connectivity index (χ1) is 7.44. The lowest BCUT2D eigenvalue weighted by Gasteiger charge is -2.23. The summed E-state index contributed by atoms with van der Waals surface area (Å²) in [6.07, 6.45) is 0. The Morgan fingerprint density at radius 3 is 2.75 bits per heavy atom. The third-order valence-corrected chi connectivity index (χ3v) is 2.80. The molecule has 0 heterocycles. The summed E-state index contributed by atoms with van der Waals surface area (Å²) in [5.74, 6) is -0.271. The molecule has 0 spiro atoms. The highest BCUT2D eigenvalue weighted by Crippen LogP contribution is 2.17. The average Bonchev–Trinajstić information content (AvgIpc) is 2.23. The fourth-order valence-corrected chi connectivity index (χ4v) is 1.43. The number of hydrogen-bond acceptors (Lipinski definition) is 2. The Bertz CT molecular complexity index is 355. The highest BCUT2D eigenvalue weighted by atomic mass is 35.5. The minimum Gasteiger partial charge on any atom is -0.377 e. The smallest absolute Gasteiger partial charge is 0.123 e. The largest absolute Gasteiger partial charge is 0.377 e. The number of halogens is 2. The van der Waals surface area contributed by atoms with Crippen LogP contribution in [0, 0.1) is 5.82 Å². The maximum atomic E-state index is 13.0. The Kier molecular flexibility index (Phi) is 4.71. The summed E-state index contributed by atoms with van der Waals surface area (Å²) in [5.41, 5.74) is 0.522. The van der Waals surface area contributed by atoms with Crippen molar-refractivity contribution in [3.8, 4) is 0 Å². The third kappa shape index (κ3) is 4.08. The quantitative estimate of drug-likeness (QED) is 0.861. The zero-order chi connectivity index (χ0) is 12.2. The van der Waals surface area contributed by atoms with Gasteiger partial charge in [0.1, 0.15) is 5.82 Å². The first-order valence-electron chi connectivity index (χ1n) is 5.14. The van der Waals surface area contributed by atoms with Gasteiger partial charge in [0.25, 0.3) is 0 Å². The lowest BCUT2D eigenvalue weighted by Crippen LogP contribution is -2.36. The summed E-state index contributed by atoms with van der Waals surface area (Å²) in [6.45, 7) is 5.17. The van der Waals surface area contributed by atoms with E-state index in [0.29, 0.717) is 18.1 Å². The molecule has 0 fully saturated rings. The standard InChI is InChI=1S/C12H17ClFNO/c1-12(2,16-3)8-15-7-9-6-10(14)4-5-11(9)13/h4-6,15H,7-8H2,1-3H3. The van der Waals surface area contributed by atoms with Crippen LogP contribution >= 0.6 is 11.6 Å². The minimum absolute atomic E-state index is 0.236. The zero-order valence-electron chi connectivity index (χ0n) is 9.81. The summed E-state index contributed by atoms with van der Waals surface area (Å²) in [4.78, 5) is 0. The van der Waals surface area contributed by atoms with Gasteiger partial charge in [-0.05, 0) is 37.6 Å². The second-order valence-electron chi connectivity index (χ2n) is 4.30. The van der Waals surface area contributed by atoms with E-state index in [1.807, 2.05) is 13.8 Å². The van der Waals surface area contributed by atoms with Gasteiger partial charge in [0, 0.05) is 25.2 Å². The van der Waals surface area contributed by atoms with Crippen LogP contribution in [0.5, 0.6) is 0 Å². The molecule has 1 aromatic rings. The van der Waals surface area contributed by atoms with E-state index in [1.54, 1.807) is 13.2 Å². The third-order valence-electron chi connectivity index (χ3n) is 2.43. The second kappa shape index (κ2) is 5.62. The molecule has 0 unspecified atom stereocenters. The van der Waals surface area contributed by atoms with Crippen molar-refractivity contribution in [1.29, 1.82) is 0 Å². The molecule has 0 aliphatic heterocycles. The molecule has 0 aromatic heterocycles. The van der Waals surface area contributed by atoms with Crippen molar-refractivity contribution >= 4 is 11.6 Å². The van der Waals surface area contributed by atoms with Gasteiger partial charge in [-0.1, -0.05) is 11.6 Å². The van der Waals surface area contributed by atoms with Crippen LogP contribution in [0.25, 0.3) is 0 Å². The summed E-state index contributed by atoms with van der Waals surface area (Å²) >= 11 is 5.94. The van der Waals surface area contributed by atoms with Crippen LogP contribution in [0.3, 0.4) is 0 Å². The molecule has 4 heteroatoms. The lowest BCUT2D eigenvalue weighted by atomic mass is 10.1. The van der Waals surface area contributed by atoms with E-state index in [0.717, 1.165) is 5.56 Å². The Labute approximate surface area is 101 Å². The van der Waals surface area contributed by atoms with Crippen LogP contribution in [-0.2, 0) is 11.3 Å². The number of ether oxygens (including phenoxy) is 1. The van der Waals surface area contributed by atoms with Gasteiger partial charge in [-0.2, -0.15) is 0 Å². The maximum absolute atomic E-state index is 13.0. The molecule has 16 heavy (non-hydrogen) atoms. The van der Waals surface area contributed by atoms with E-state index in [1.165, 1.54) is 12.1 Å². The molecule has 0 amide bonds. The predicted molar refractivity (Wildman–Crippen MR) is 64.2 cm³/mol. The van der Waals surface area contributed by atoms with Gasteiger partial charge in [-0.3, -0.25) is 0 Å². The molecule has 0 aliphatic carbocycles. The topological polar surface area (TPSA) is 21.3 Å². The first kappa shape index (κ1) is 13.4. The van der Waals surface area contributed by atoms with Crippen LogP contribution in [0.1, 0.15) is 19.4 Å². The summed E-state index contributed by atoms with van der Waals surface area (Å²) in [7, 11) is 1.66. The van der Waals surface area contributed by atoms with Gasteiger partial charge in [0.05, 0.1) is 5.60 Å². The fraction of sp³-hybridized carbons (Fsp3) is 0.500. The van der Waals surface area contributed by atoms with E-state index >= 15 is 0 Å². The number of benzene rings is 1. The molecule has 0 atom stereocenters. The van der Waals surface area contributed by atoms with Crippen LogP contribution in [0.4, 0.5) is 4.39 Å².